The Kier molecular flexibility index (Phi) is 7.58. The molecule has 0 unspecified atom stereocenters. The Labute approximate surface area is 206 Å². The molecule has 0 aliphatic rings. The Morgan fingerprint density at radius 2 is 0.914 bits per heavy atom. The molecule has 4 aromatic rings. The van der Waals surface area contributed by atoms with E-state index in [2.05, 4.69) is 0 Å². The second-order valence-corrected chi connectivity index (χ2v) is 13.0. The SMILES string of the molecule is O=S(=O)(OS(O[S+](c1ccccc1)c1ccccc1)(c1ccccc1)c1ccccc1)C(F)(F)F. The number of rotatable bonds is 8. The van der Waals surface area contributed by atoms with E-state index in [1.165, 1.54) is 24.3 Å². The van der Waals surface area contributed by atoms with Crippen molar-refractivity contribution in [2.24, 2.45) is 0 Å². The van der Waals surface area contributed by atoms with E-state index in [1.807, 2.05) is 0 Å². The molecule has 0 bridgehead atoms. The van der Waals surface area contributed by atoms with Crippen LogP contribution in [-0.4, -0.2) is 13.9 Å². The van der Waals surface area contributed by atoms with Gasteiger partial charge in [-0.1, -0.05) is 83.4 Å². The maximum atomic E-state index is 13.6. The number of benzene rings is 4. The zero-order chi connectivity index (χ0) is 24.9. The van der Waals surface area contributed by atoms with E-state index in [4.69, 9.17) is 7.26 Å². The first-order valence-corrected chi connectivity index (χ1v) is 14.3. The second kappa shape index (κ2) is 10.5. The van der Waals surface area contributed by atoms with Gasteiger partial charge in [-0.05, 0) is 52.2 Å². The average Bonchev–Trinajstić information content (AvgIpc) is 2.88. The molecule has 35 heavy (non-hydrogen) atoms. The van der Waals surface area contributed by atoms with Gasteiger partial charge in [-0.3, -0.25) is 0 Å². The van der Waals surface area contributed by atoms with Crippen molar-refractivity contribution in [1.82, 2.24) is 0 Å². The summed E-state index contributed by atoms with van der Waals surface area (Å²) in [7, 11) is -9.73. The molecule has 0 saturated heterocycles. The van der Waals surface area contributed by atoms with E-state index in [1.54, 1.807) is 97.1 Å². The van der Waals surface area contributed by atoms with Crippen LogP contribution in [0.4, 0.5) is 13.2 Å². The van der Waals surface area contributed by atoms with Gasteiger partial charge in [-0.2, -0.15) is 21.6 Å². The first-order chi connectivity index (χ1) is 16.7. The van der Waals surface area contributed by atoms with E-state index in [9.17, 15) is 21.6 Å². The lowest BCUT2D eigenvalue weighted by Gasteiger charge is -2.38. The van der Waals surface area contributed by atoms with Crippen LogP contribution in [-0.2, 0) is 28.6 Å². The van der Waals surface area contributed by atoms with Gasteiger partial charge in [0.25, 0.3) is 11.2 Å². The summed E-state index contributed by atoms with van der Waals surface area (Å²) >= 11 is -1.30. The highest BCUT2D eigenvalue weighted by Crippen LogP contribution is 2.68. The fourth-order valence-corrected chi connectivity index (χ4v) is 9.72. The van der Waals surface area contributed by atoms with Crippen LogP contribution in [0.15, 0.2) is 141 Å². The van der Waals surface area contributed by atoms with E-state index >= 15 is 0 Å². The lowest BCUT2D eigenvalue weighted by Crippen LogP contribution is -2.29. The zero-order valence-corrected chi connectivity index (χ0v) is 20.5. The van der Waals surface area contributed by atoms with E-state index in [0.717, 1.165) is 0 Å². The first-order valence-electron chi connectivity index (χ1n) is 10.2. The van der Waals surface area contributed by atoms with Gasteiger partial charge in [0.05, 0.1) is 9.79 Å². The van der Waals surface area contributed by atoms with Gasteiger partial charge in [0, 0.05) is 0 Å². The van der Waals surface area contributed by atoms with Gasteiger partial charge in [-0.15, -0.1) is 3.63 Å². The Morgan fingerprint density at radius 1 is 0.571 bits per heavy atom. The molecule has 0 heterocycles. The number of alkyl halides is 3. The van der Waals surface area contributed by atoms with Crippen LogP contribution >= 0.6 is 10.6 Å². The second-order valence-electron chi connectivity index (χ2n) is 7.06. The molecule has 0 aromatic heterocycles. The standard InChI is InChI=1S/C25H20F3O4S3/c26-25(27,28)35(29,30)32-34(23-17-9-3-10-18-23,24-19-11-4-12-20-24)31-33(21-13-5-1-6-14-21)22-15-7-2-8-16-22/h1-20H/q+1. The Morgan fingerprint density at radius 3 is 1.26 bits per heavy atom. The van der Waals surface area contributed by atoms with Crippen molar-refractivity contribution in [3.05, 3.63) is 121 Å². The molecule has 4 rings (SSSR count). The Bertz CT molecular complexity index is 1260. The van der Waals surface area contributed by atoms with Crippen LogP contribution < -0.4 is 0 Å². The third kappa shape index (κ3) is 5.57. The third-order valence-electron chi connectivity index (χ3n) is 4.65. The van der Waals surface area contributed by atoms with Crippen molar-refractivity contribution in [3.63, 3.8) is 0 Å². The highest BCUT2D eigenvalue weighted by Gasteiger charge is 2.54. The van der Waals surface area contributed by atoms with Crippen molar-refractivity contribution in [3.8, 4) is 0 Å². The number of hydrogen-bond acceptors (Lipinski definition) is 4. The molecule has 0 N–H and O–H groups in total. The van der Waals surface area contributed by atoms with Gasteiger partial charge in [-0.25, -0.2) is 0 Å². The minimum Gasteiger partial charge on any atom is -0.188 e. The van der Waals surface area contributed by atoms with Crippen molar-refractivity contribution in [1.29, 1.82) is 0 Å². The molecule has 10 heteroatoms. The van der Waals surface area contributed by atoms with Crippen LogP contribution in [0.3, 0.4) is 0 Å². The molecule has 0 atom stereocenters. The van der Waals surface area contributed by atoms with Crippen LogP contribution in [0.25, 0.3) is 0 Å². The summed E-state index contributed by atoms with van der Waals surface area (Å²) < 4.78 is 77.5. The lowest BCUT2D eigenvalue weighted by molar-refractivity contribution is -0.0498. The summed E-state index contributed by atoms with van der Waals surface area (Å²) in [4.78, 5) is 1.64. The molecule has 182 valence electrons. The fraction of sp³-hybridized carbons (Fsp3) is 0.0400. The van der Waals surface area contributed by atoms with E-state index in [-0.39, 0.29) is 9.79 Å². The van der Waals surface area contributed by atoms with Crippen LogP contribution in [0.2, 0.25) is 0 Å². The summed E-state index contributed by atoms with van der Waals surface area (Å²) in [5, 5.41) is 0. The fourth-order valence-electron chi connectivity index (χ4n) is 3.07. The summed E-state index contributed by atoms with van der Waals surface area (Å²) in [5.74, 6) is 0. The molecule has 0 radical (unpaired) electrons. The van der Waals surface area contributed by atoms with Crippen LogP contribution in [0.5, 0.6) is 0 Å². The predicted octanol–water partition coefficient (Wildman–Crippen LogP) is 7.27. The monoisotopic (exact) mass is 537 g/mol. The summed E-state index contributed by atoms with van der Waals surface area (Å²) in [6.45, 7) is 0. The van der Waals surface area contributed by atoms with E-state index in [0.29, 0.717) is 9.79 Å². The van der Waals surface area contributed by atoms with Crippen LogP contribution in [0.1, 0.15) is 0 Å². The van der Waals surface area contributed by atoms with Crippen molar-refractivity contribution >= 4 is 31.9 Å². The summed E-state index contributed by atoms with van der Waals surface area (Å²) in [6.07, 6.45) is 0. The maximum Gasteiger partial charge on any atom is 0.524 e. The normalized spacial score (nSPS) is 13.0. The highest BCUT2D eigenvalue weighted by molar-refractivity contribution is 8.32. The minimum atomic E-state index is -6.05. The summed E-state index contributed by atoms with van der Waals surface area (Å²) in [5.41, 5.74) is -5.64. The van der Waals surface area contributed by atoms with Gasteiger partial charge in [0.15, 0.2) is 9.79 Å². The molecule has 4 aromatic carbocycles. The van der Waals surface area contributed by atoms with Crippen LogP contribution in [0, 0.1) is 0 Å². The Hall–Kier alpha value is -2.76. The van der Waals surface area contributed by atoms with Crippen molar-refractivity contribution in [2.75, 3.05) is 0 Å². The average molecular weight is 538 g/mol. The number of hydrogen-bond donors (Lipinski definition) is 0. The third-order valence-corrected chi connectivity index (χ3v) is 11.2. The van der Waals surface area contributed by atoms with Gasteiger partial charge in [0.2, 0.25) is 0 Å². The lowest BCUT2D eigenvalue weighted by atomic mass is 10.4. The molecule has 0 fully saturated rings. The molecule has 0 aliphatic carbocycles. The molecular weight excluding hydrogens is 517 g/mol. The van der Waals surface area contributed by atoms with Gasteiger partial charge < -0.3 is 0 Å². The Balaban J connectivity index is 1.99. The molecule has 0 aliphatic heterocycles. The minimum absolute atomic E-state index is 0.170. The van der Waals surface area contributed by atoms with Crippen molar-refractivity contribution in [2.45, 2.75) is 25.1 Å². The molecule has 0 amide bonds. The quantitative estimate of drug-likeness (QED) is 0.175. The topological polar surface area (TPSA) is 52.6 Å². The predicted molar refractivity (Wildman–Crippen MR) is 131 cm³/mol. The zero-order valence-electron chi connectivity index (χ0n) is 18.0. The van der Waals surface area contributed by atoms with Crippen molar-refractivity contribution < 1.29 is 28.8 Å². The molecule has 0 spiro atoms. The summed E-state index contributed by atoms with van der Waals surface area (Å²) in [6, 6.07) is 33.5. The first kappa shape index (κ1) is 25.3. The smallest absolute Gasteiger partial charge is 0.188 e. The highest BCUT2D eigenvalue weighted by atomic mass is 32.4. The van der Waals surface area contributed by atoms with Gasteiger partial charge >= 0.3 is 15.6 Å². The number of halogens is 3. The molecular formula is C25H20F3O4S3+. The van der Waals surface area contributed by atoms with E-state index < -0.39 is 37.4 Å². The maximum absolute atomic E-state index is 13.6. The largest absolute Gasteiger partial charge is 0.524 e. The van der Waals surface area contributed by atoms with Gasteiger partial charge in [0.1, 0.15) is 0 Å². The molecule has 4 nitrogen and oxygen atoms in total. The molecule has 0 saturated carbocycles.